The quantitative estimate of drug-likeness (QED) is 0.509. The van der Waals surface area contributed by atoms with Gasteiger partial charge in [0.25, 0.3) is 0 Å². The lowest BCUT2D eigenvalue weighted by molar-refractivity contribution is -0.121. The molecule has 0 saturated heterocycles. The van der Waals surface area contributed by atoms with Gasteiger partial charge in [0, 0.05) is 38.0 Å². The Bertz CT molecular complexity index is 485. The van der Waals surface area contributed by atoms with E-state index < -0.39 is 0 Å². The topological polar surface area (TPSA) is 65.5 Å². The van der Waals surface area contributed by atoms with Gasteiger partial charge in [-0.05, 0) is 26.3 Å². The van der Waals surface area contributed by atoms with Crippen LogP contribution in [0.15, 0.2) is 35.3 Å². The minimum atomic E-state index is 0.0565. The first-order valence-corrected chi connectivity index (χ1v) is 8.39. The number of rotatable bonds is 8. The molecule has 0 saturated carbocycles. The van der Waals surface area contributed by atoms with Crippen LogP contribution in [0.2, 0.25) is 0 Å². The third-order valence-electron chi connectivity index (χ3n) is 3.33. The number of carbonyl (C=O) groups excluding carboxylic acids is 1. The fourth-order valence-electron chi connectivity index (χ4n) is 2.15. The lowest BCUT2D eigenvalue weighted by atomic mass is 10.0. The van der Waals surface area contributed by atoms with Crippen molar-refractivity contribution in [3.05, 3.63) is 35.9 Å². The summed E-state index contributed by atoms with van der Waals surface area (Å²) >= 11 is 0. The van der Waals surface area contributed by atoms with Crippen LogP contribution in [0.5, 0.6) is 0 Å². The summed E-state index contributed by atoms with van der Waals surface area (Å²) in [5.41, 5.74) is 1.28. The second-order valence-corrected chi connectivity index (χ2v) is 5.93. The molecule has 0 aliphatic heterocycles. The van der Waals surface area contributed by atoms with Gasteiger partial charge in [0.05, 0.1) is 0 Å². The highest BCUT2D eigenvalue weighted by Crippen LogP contribution is 2.14. The van der Waals surface area contributed by atoms with E-state index in [1.807, 2.05) is 39.0 Å². The van der Waals surface area contributed by atoms with Gasteiger partial charge in [-0.1, -0.05) is 37.3 Å². The molecular formula is C18H30N4O. The second-order valence-electron chi connectivity index (χ2n) is 5.93. The fraction of sp³-hybridized carbons (Fsp3) is 0.556. The van der Waals surface area contributed by atoms with Crippen LogP contribution in [0.4, 0.5) is 0 Å². The molecule has 0 bridgehead atoms. The fourth-order valence-corrected chi connectivity index (χ4v) is 2.15. The number of benzene rings is 1. The number of hydrogen-bond donors (Lipinski definition) is 3. The number of amides is 1. The molecule has 0 aromatic heterocycles. The molecule has 0 radical (unpaired) electrons. The van der Waals surface area contributed by atoms with E-state index in [4.69, 9.17) is 0 Å². The summed E-state index contributed by atoms with van der Waals surface area (Å²) in [5.74, 6) is 1.17. The lowest BCUT2D eigenvalue weighted by Gasteiger charge is -2.14. The van der Waals surface area contributed by atoms with Crippen molar-refractivity contribution in [1.29, 1.82) is 0 Å². The molecule has 3 N–H and O–H groups in total. The summed E-state index contributed by atoms with van der Waals surface area (Å²) in [4.78, 5) is 16.2. The largest absolute Gasteiger partial charge is 0.357 e. The molecule has 0 aliphatic rings. The normalized spacial score (nSPS) is 12.8. The second kappa shape index (κ2) is 10.6. The smallest absolute Gasteiger partial charge is 0.221 e. The molecule has 1 amide bonds. The molecule has 1 rings (SSSR count). The molecule has 0 fully saturated rings. The number of nitrogens with zero attached hydrogens (tertiary/aromatic N) is 1. The van der Waals surface area contributed by atoms with E-state index in [9.17, 15) is 4.79 Å². The van der Waals surface area contributed by atoms with Gasteiger partial charge in [0.15, 0.2) is 5.96 Å². The van der Waals surface area contributed by atoms with Crippen molar-refractivity contribution in [2.75, 3.05) is 19.6 Å². The summed E-state index contributed by atoms with van der Waals surface area (Å²) in [5, 5.41) is 9.30. The van der Waals surface area contributed by atoms with E-state index in [-0.39, 0.29) is 11.9 Å². The van der Waals surface area contributed by atoms with Crippen LogP contribution in [-0.4, -0.2) is 37.5 Å². The Labute approximate surface area is 140 Å². The first-order valence-electron chi connectivity index (χ1n) is 8.39. The highest BCUT2D eigenvalue weighted by molar-refractivity contribution is 5.81. The first kappa shape index (κ1) is 19.0. The van der Waals surface area contributed by atoms with Crippen molar-refractivity contribution in [2.24, 2.45) is 4.99 Å². The standard InChI is InChI=1S/C18H30N4O/c1-5-19-18(20-12-11-17(23)22-14(2)3)21-13-15(4)16-9-7-6-8-10-16/h6-10,14-15H,5,11-13H2,1-4H3,(H,22,23)(H2,19,20,21). The highest BCUT2D eigenvalue weighted by atomic mass is 16.1. The van der Waals surface area contributed by atoms with Gasteiger partial charge < -0.3 is 16.0 Å². The molecule has 0 heterocycles. The number of nitrogens with one attached hydrogen (secondary N) is 3. The molecular weight excluding hydrogens is 288 g/mol. The van der Waals surface area contributed by atoms with Crippen LogP contribution in [-0.2, 0) is 4.79 Å². The SMILES string of the molecule is CCNC(=NCC(C)c1ccccc1)NCCC(=O)NC(C)C. The van der Waals surface area contributed by atoms with Crippen molar-refractivity contribution in [3.8, 4) is 0 Å². The molecule has 1 atom stereocenters. The molecule has 0 spiro atoms. The highest BCUT2D eigenvalue weighted by Gasteiger charge is 2.06. The maximum absolute atomic E-state index is 11.6. The van der Waals surface area contributed by atoms with Crippen molar-refractivity contribution in [3.63, 3.8) is 0 Å². The molecule has 1 unspecified atom stereocenters. The zero-order chi connectivity index (χ0) is 17.1. The summed E-state index contributed by atoms with van der Waals surface area (Å²) in [6.07, 6.45) is 0.441. The van der Waals surface area contributed by atoms with E-state index in [1.54, 1.807) is 0 Å². The summed E-state index contributed by atoms with van der Waals surface area (Å²) in [7, 11) is 0. The summed E-state index contributed by atoms with van der Waals surface area (Å²) < 4.78 is 0. The molecule has 5 nitrogen and oxygen atoms in total. The Hall–Kier alpha value is -2.04. The summed E-state index contributed by atoms with van der Waals surface area (Å²) in [6.45, 7) is 10.2. The van der Waals surface area contributed by atoms with Gasteiger partial charge in [-0.3, -0.25) is 9.79 Å². The molecule has 0 aliphatic carbocycles. The van der Waals surface area contributed by atoms with Crippen LogP contribution in [0.25, 0.3) is 0 Å². The van der Waals surface area contributed by atoms with Gasteiger partial charge in [-0.15, -0.1) is 0 Å². The Morgan fingerprint density at radius 2 is 1.83 bits per heavy atom. The average Bonchev–Trinajstić information content (AvgIpc) is 2.52. The third-order valence-corrected chi connectivity index (χ3v) is 3.33. The number of carbonyl (C=O) groups is 1. The van der Waals surface area contributed by atoms with Crippen molar-refractivity contribution >= 4 is 11.9 Å². The molecule has 1 aromatic carbocycles. The Morgan fingerprint density at radius 1 is 1.13 bits per heavy atom. The third kappa shape index (κ3) is 8.24. The van der Waals surface area contributed by atoms with Gasteiger partial charge in [-0.2, -0.15) is 0 Å². The minimum absolute atomic E-state index is 0.0565. The Balaban J connectivity index is 2.45. The molecule has 5 heteroatoms. The van der Waals surface area contributed by atoms with E-state index >= 15 is 0 Å². The van der Waals surface area contributed by atoms with Gasteiger partial charge >= 0.3 is 0 Å². The summed E-state index contributed by atoms with van der Waals surface area (Å²) in [6, 6.07) is 10.5. The predicted octanol–water partition coefficient (Wildman–Crippen LogP) is 2.26. The van der Waals surface area contributed by atoms with E-state index in [1.165, 1.54) is 5.56 Å². The van der Waals surface area contributed by atoms with Crippen LogP contribution in [0.1, 0.15) is 45.6 Å². The van der Waals surface area contributed by atoms with Gasteiger partial charge in [0.1, 0.15) is 0 Å². The number of aliphatic imine (C=N–C) groups is 1. The van der Waals surface area contributed by atoms with E-state index in [0.29, 0.717) is 25.4 Å². The van der Waals surface area contributed by atoms with Crippen LogP contribution in [0, 0.1) is 0 Å². The zero-order valence-electron chi connectivity index (χ0n) is 14.7. The van der Waals surface area contributed by atoms with E-state index in [0.717, 1.165) is 12.5 Å². The van der Waals surface area contributed by atoms with Crippen molar-refractivity contribution < 1.29 is 4.79 Å². The molecule has 23 heavy (non-hydrogen) atoms. The maximum Gasteiger partial charge on any atom is 0.221 e. The predicted molar refractivity (Wildman–Crippen MR) is 96.7 cm³/mol. The van der Waals surface area contributed by atoms with E-state index in [2.05, 4.69) is 40.0 Å². The lowest BCUT2D eigenvalue weighted by Crippen LogP contribution is -2.40. The molecule has 128 valence electrons. The monoisotopic (exact) mass is 318 g/mol. The van der Waals surface area contributed by atoms with Crippen molar-refractivity contribution in [2.45, 2.75) is 46.1 Å². The van der Waals surface area contributed by atoms with Crippen LogP contribution < -0.4 is 16.0 Å². The van der Waals surface area contributed by atoms with Crippen LogP contribution in [0.3, 0.4) is 0 Å². The number of hydrogen-bond acceptors (Lipinski definition) is 2. The van der Waals surface area contributed by atoms with Crippen molar-refractivity contribution in [1.82, 2.24) is 16.0 Å². The Morgan fingerprint density at radius 3 is 2.43 bits per heavy atom. The molecule has 1 aromatic rings. The Kier molecular flexibility index (Phi) is 8.80. The van der Waals surface area contributed by atoms with Gasteiger partial charge in [0.2, 0.25) is 5.91 Å². The van der Waals surface area contributed by atoms with Gasteiger partial charge in [-0.25, -0.2) is 0 Å². The first-order chi connectivity index (χ1) is 11.0. The van der Waals surface area contributed by atoms with Crippen LogP contribution >= 0.6 is 0 Å². The average molecular weight is 318 g/mol. The minimum Gasteiger partial charge on any atom is -0.357 e. The zero-order valence-corrected chi connectivity index (χ0v) is 14.7. The maximum atomic E-state index is 11.6. The number of guanidine groups is 1.